The Balaban J connectivity index is 1.45. The molecule has 1 aliphatic carbocycles. The molecule has 3 fully saturated rings. The summed E-state index contributed by atoms with van der Waals surface area (Å²) in [5.74, 6) is 0.293. The fraction of sp³-hybridized carbons (Fsp3) is 0.882. The van der Waals surface area contributed by atoms with Crippen molar-refractivity contribution in [1.82, 2.24) is 4.90 Å². The molecule has 2 heterocycles. The first kappa shape index (κ1) is 16.7. The van der Waals surface area contributed by atoms with Crippen molar-refractivity contribution < 1.29 is 19.1 Å². The number of amides is 2. The highest BCUT2D eigenvalue weighted by molar-refractivity contribution is 5.79. The standard InChI is InChI=1S/C17H28N2O4/c1-22-17(7-2-8-17)11-15(20)19-9-5-12(6-10-19)13-3-4-14(23-13)16(18)21/h12-14H,2-11H2,1H3,(H2,18,21)/t13-,14+/m0/s1. The molecule has 0 unspecified atom stereocenters. The number of nitrogens with two attached hydrogens (primary N) is 1. The maximum atomic E-state index is 12.5. The zero-order valence-corrected chi connectivity index (χ0v) is 14.0. The van der Waals surface area contributed by atoms with Crippen molar-refractivity contribution >= 4 is 11.8 Å². The van der Waals surface area contributed by atoms with Gasteiger partial charge >= 0.3 is 0 Å². The van der Waals surface area contributed by atoms with Gasteiger partial charge < -0.3 is 20.1 Å². The number of carbonyl (C=O) groups excluding carboxylic acids is 2. The summed E-state index contributed by atoms with van der Waals surface area (Å²) < 4.78 is 11.3. The first-order valence-corrected chi connectivity index (χ1v) is 8.81. The molecule has 2 atom stereocenters. The molecule has 1 saturated carbocycles. The van der Waals surface area contributed by atoms with Gasteiger partial charge in [-0.25, -0.2) is 0 Å². The van der Waals surface area contributed by atoms with Crippen LogP contribution in [0, 0.1) is 5.92 Å². The second-order valence-electron chi connectivity index (χ2n) is 7.28. The molecule has 2 N–H and O–H groups in total. The molecule has 0 aromatic heterocycles. The summed E-state index contributed by atoms with van der Waals surface area (Å²) in [6.07, 6.45) is 6.90. The van der Waals surface area contributed by atoms with E-state index in [0.29, 0.717) is 12.3 Å². The smallest absolute Gasteiger partial charge is 0.246 e. The molecule has 0 radical (unpaired) electrons. The number of hydrogen-bond acceptors (Lipinski definition) is 4. The zero-order valence-electron chi connectivity index (χ0n) is 14.0. The van der Waals surface area contributed by atoms with Gasteiger partial charge in [-0.2, -0.15) is 0 Å². The lowest BCUT2D eigenvalue weighted by atomic mass is 9.77. The second kappa shape index (κ2) is 6.77. The van der Waals surface area contributed by atoms with E-state index in [1.165, 1.54) is 0 Å². The number of piperidine rings is 1. The Morgan fingerprint density at radius 1 is 1.22 bits per heavy atom. The van der Waals surface area contributed by atoms with Crippen LogP contribution >= 0.6 is 0 Å². The lowest BCUT2D eigenvalue weighted by Gasteiger charge is -2.42. The zero-order chi connectivity index (χ0) is 16.4. The number of rotatable bonds is 5. The van der Waals surface area contributed by atoms with E-state index in [1.807, 2.05) is 4.90 Å². The predicted molar refractivity (Wildman–Crippen MR) is 84.6 cm³/mol. The van der Waals surface area contributed by atoms with E-state index in [-0.39, 0.29) is 23.5 Å². The molecular weight excluding hydrogens is 296 g/mol. The molecule has 0 aromatic rings. The number of hydrogen-bond donors (Lipinski definition) is 1. The minimum absolute atomic E-state index is 0.127. The topological polar surface area (TPSA) is 81.9 Å². The van der Waals surface area contributed by atoms with Crippen molar-refractivity contribution in [2.24, 2.45) is 11.7 Å². The van der Waals surface area contributed by atoms with E-state index in [0.717, 1.165) is 58.0 Å². The predicted octanol–water partition coefficient (Wildman–Crippen LogP) is 1.22. The van der Waals surface area contributed by atoms with Crippen LogP contribution in [-0.2, 0) is 19.1 Å². The molecule has 3 rings (SSSR count). The average Bonchev–Trinajstić information content (AvgIpc) is 3.01. The van der Waals surface area contributed by atoms with Crippen LogP contribution in [0.25, 0.3) is 0 Å². The monoisotopic (exact) mass is 324 g/mol. The van der Waals surface area contributed by atoms with Crippen molar-refractivity contribution in [1.29, 1.82) is 0 Å². The van der Waals surface area contributed by atoms with Gasteiger partial charge in [0.05, 0.1) is 18.1 Å². The fourth-order valence-electron chi connectivity index (χ4n) is 4.15. The van der Waals surface area contributed by atoms with Gasteiger partial charge in [0.25, 0.3) is 0 Å². The van der Waals surface area contributed by atoms with E-state index in [1.54, 1.807) is 7.11 Å². The third-order valence-corrected chi connectivity index (χ3v) is 5.96. The Kier molecular flexibility index (Phi) is 4.92. The highest BCUT2D eigenvalue weighted by Crippen LogP contribution is 2.39. The van der Waals surface area contributed by atoms with E-state index < -0.39 is 6.10 Å². The lowest BCUT2D eigenvalue weighted by Crippen LogP contribution is -2.47. The van der Waals surface area contributed by atoms with Crippen molar-refractivity contribution in [2.45, 2.75) is 69.2 Å². The normalized spacial score (nSPS) is 30.9. The Bertz CT molecular complexity index is 450. The van der Waals surface area contributed by atoms with E-state index in [9.17, 15) is 9.59 Å². The number of ether oxygens (including phenoxy) is 2. The number of carbonyl (C=O) groups is 2. The van der Waals surface area contributed by atoms with E-state index in [4.69, 9.17) is 15.2 Å². The number of methoxy groups -OCH3 is 1. The molecule has 2 saturated heterocycles. The van der Waals surface area contributed by atoms with Crippen molar-refractivity contribution in [3.8, 4) is 0 Å². The Morgan fingerprint density at radius 3 is 2.39 bits per heavy atom. The molecule has 3 aliphatic rings. The van der Waals surface area contributed by atoms with Gasteiger partial charge in [0.1, 0.15) is 6.10 Å². The summed E-state index contributed by atoms with van der Waals surface area (Å²) >= 11 is 0. The van der Waals surface area contributed by atoms with Gasteiger partial charge in [0, 0.05) is 20.2 Å². The molecular formula is C17H28N2O4. The first-order valence-electron chi connectivity index (χ1n) is 8.81. The van der Waals surface area contributed by atoms with Crippen LogP contribution in [0.1, 0.15) is 51.4 Å². The molecule has 2 aliphatic heterocycles. The third-order valence-electron chi connectivity index (χ3n) is 5.96. The van der Waals surface area contributed by atoms with Crippen LogP contribution in [0.3, 0.4) is 0 Å². The van der Waals surface area contributed by atoms with Crippen LogP contribution in [0.2, 0.25) is 0 Å². The Morgan fingerprint density at radius 2 is 1.91 bits per heavy atom. The quantitative estimate of drug-likeness (QED) is 0.824. The minimum atomic E-state index is -0.417. The van der Waals surface area contributed by atoms with E-state index >= 15 is 0 Å². The van der Waals surface area contributed by atoms with Gasteiger partial charge in [-0.15, -0.1) is 0 Å². The van der Waals surface area contributed by atoms with Gasteiger partial charge in [0.15, 0.2) is 0 Å². The highest BCUT2D eigenvalue weighted by Gasteiger charge is 2.41. The highest BCUT2D eigenvalue weighted by atomic mass is 16.5. The van der Waals surface area contributed by atoms with E-state index in [2.05, 4.69) is 0 Å². The van der Waals surface area contributed by atoms with Crippen molar-refractivity contribution in [3.05, 3.63) is 0 Å². The Labute approximate surface area is 137 Å². The SMILES string of the molecule is COC1(CC(=O)N2CCC([C@@H]3CC[C@H](C(N)=O)O3)CC2)CCC1. The molecule has 6 nitrogen and oxygen atoms in total. The van der Waals surface area contributed by atoms with Gasteiger partial charge in [-0.1, -0.05) is 0 Å². The maximum absolute atomic E-state index is 12.5. The summed E-state index contributed by atoms with van der Waals surface area (Å²) in [4.78, 5) is 25.7. The third kappa shape index (κ3) is 3.53. The summed E-state index contributed by atoms with van der Waals surface area (Å²) in [6, 6.07) is 0. The van der Waals surface area contributed by atoms with Crippen LogP contribution in [0.4, 0.5) is 0 Å². The molecule has 2 amide bonds. The largest absolute Gasteiger partial charge is 0.378 e. The minimum Gasteiger partial charge on any atom is -0.378 e. The summed E-state index contributed by atoms with van der Waals surface area (Å²) in [5.41, 5.74) is 5.12. The summed E-state index contributed by atoms with van der Waals surface area (Å²) in [5, 5.41) is 0. The van der Waals surface area contributed by atoms with Gasteiger partial charge in [-0.05, 0) is 50.9 Å². The van der Waals surface area contributed by atoms with Crippen LogP contribution in [-0.4, -0.2) is 54.7 Å². The van der Waals surface area contributed by atoms with Gasteiger partial charge in [-0.3, -0.25) is 9.59 Å². The molecule has 0 spiro atoms. The lowest BCUT2D eigenvalue weighted by molar-refractivity contribution is -0.146. The van der Waals surface area contributed by atoms with Crippen molar-refractivity contribution in [2.75, 3.05) is 20.2 Å². The first-order chi connectivity index (χ1) is 11.0. The Hall–Kier alpha value is -1.14. The fourth-order valence-corrected chi connectivity index (χ4v) is 4.15. The van der Waals surface area contributed by atoms with Crippen LogP contribution in [0.5, 0.6) is 0 Å². The van der Waals surface area contributed by atoms with Crippen LogP contribution in [0.15, 0.2) is 0 Å². The molecule has 23 heavy (non-hydrogen) atoms. The summed E-state index contributed by atoms with van der Waals surface area (Å²) in [7, 11) is 1.71. The summed E-state index contributed by atoms with van der Waals surface area (Å²) in [6.45, 7) is 1.56. The number of likely N-dealkylation sites (tertiary alicyclic amines) is 1. The molecule has 0 aromatic carbocycles. The van der Waals surface area contributed by atoms with Crippen molar-refractivity contribution in [3.63, 3.8) is 0 Å². The van der Waals surface area contributed by atoms with Crippen LogP contribution < -0.4 is 5.73 Å². The van der Waals surface area contributed by atoms with Gasteiger partial charge in [0.2, 0.25) is 11.8 Å². The molecule has 130 valence electrons. The molecule has 6 heteroatoms. The second-order valence-corrected chi connectivity index (χ2v) is 7.28. The number of primary amides is 1. The number of nitrogens with zero attached hydrogens (tertiary/aromatic N) is 1. The molecule has 0 bridgehead atoms. The maximum Gasteiger partial charge on any atom is 0.246 e. The average molecular weight is 324 g/mol.